The summed E-state index contributed by atoms with van der Waals surface area (Å²) in [5.74, 6) is 0.318. The molecule has 6 heteroatoms. The minimum absolute atomic E-state index is 0.215. The number of aromatic amines is 1. The molecule has 2 aromatic heterocycles. The van der Waals surface area contributed by atoms with Crippen LogP contribution >= 0.6 is 0 Å². The number of hydrogen-bond donors (Lipinski definition) is 1. The van der Waals surface area contributed by atoms with Crippen LogP contribution in [0.5, 0.6) is 0 Å². The van der Waals surface area contributed by atoms with Gasteiger partial charge in [-0.1, -0.05) is 42.5 Å². The second kappa shape index (κ2) is 5.66. The van der Waals surface area contributed by atoms with Gasteiger partial charge in [0.2, 0.25) is 0 Å². The molecule has 136 valence electrons. The predicted molar refractivity (Wildman–Crippen MR) is 104 cm³/mol. The molecule has 2 aliphatic rings. The number of nitrogens with one attached hydrogen (secondary N) is 1. The van der Waals surface area contributed by atoms with E-state index in [9.17, 15) is 4.79 Å². The molecule has 6 rings (SSSR count). The number of benzene rings is 2. The van der Waals surface area contributed by atoms with Gasteiger partial charge in [0.1, 0.15) is 18.2 Å². The summed E-state index contributed by atoms with van der Waals surface area (Å²) in [6.07, 6.45) is 1.62. The van der Waals surface area contributed by atoms with Crippen molar-refractivity contribution in [3.8, 4) is 11.5 Å². The minimum atomic E-state index is -0.454. The van der Waals surface area contributed by atoms with Crippen molar-refractivity contribution in [2.75, 3.05) is 6.61 Å². The van der Waals surface area contributed by atoms with Gasteiger partial charge in [-0.05, 0) is 28.5 Å². The molecule has 0 bridgehead atoms. The van der Waals surface area contributed by atoms with Gasteiger partial charge in [0.25, 0.3) is 0 Å². The van der Waals surface area contributed by atoms with Crippen molar-refractivity contribution in [1.29, 1.82) is 0 Å². The Bertz CT molecular complexity index is 1250. The van der Waals surface area contributed by atoms with Crippen LogP contribution in [-0.4, -0.2) is 28.5 Å². The Morgan fingerprint density at radius 3 is 2.79 bits per heavy atom. The molecule has 1 saturated heterocycles. The monoisotopic (exact) mass is 369 g/mol. The quantitative estimate of drug-likeness (QED) is 0.537. The van der Waals surface area contributed by atoms with Gasteiger partial charge >= 0.3 is 5.97 Å². The average Bonchev–Trinajstić information content (AvgIpc) is 3.46. The van der Waals surface area contributed by atoms with Crippen molar-refractivity contribution in [3.63, 3.8) is 0 Å². The zero-order valence-electron chi connectivity index (χ0n) is 14.8. The lowest BCUT2D eigenvalue weighted by Crippen LogP contribution is -2.28. The summed E-state index contributed by atoms with van der Waals surface area (Å²) in [6.45, 7) is 0.215. The van der Waals surface area contributed by atoms with Gasteiger partial charge in [0.15, 0.2) is 11.6 Å². The van der Waals surface area contributed by atoms with E-state index in [1.165, 1.54) is 0 Å². The minimum Gasteiger partial charge on any atom is -0.463 e. The lowest BCUT2D eigenvalue weighted by molar-refractivity contribution is -0.141. The largest absolute Gasteiger partial charge is 0.463 e. The predicted octanol–water partition coefficient (Wildman–Crippen LogP) is 4.21. The topological polar surface area (TPSA) is 80.5 Å². The summed E-state index contributed by atoms with van der Waals surface area (Å²) in [5, 5.41) is 9.71. The van der Waals surface area contributed by atoms with Gasteiger partial charge in [-0.15, -0.1) is 0 Å². The first-order valence-corrected chi connectivity index (χ1v) is 9.15. The molecule has 4 heterocycles. The fourth-order valence-electron chi connectivity index (χ4n) is 4.38. The van der Waals surface area contributed by atoms with E-state index in [4.69, 9.17) is 9.15 Å². The number of ether oxygens (including phenoxy) is 1. The van der Waals surface area contributed by atoms with E-state index in [2.05, 4.69) is 39.5 Å². The van der Waals surface area contributed by atoms with Crippen molar-refractivity contribution in [1.82, 2.24) is 10.2 Å². The zero-order valence-corrected chi connectivity index (χ0v) is 14.8. The molecule has 1 fully saturated rings. The third-order valence-electron chi connectivity index (χ3n) is 5.58. The Hall–Kier alpha value is -3.67. The second-order valence-corrected chi connectivity index (χ2v) is 7.05. The van der Waals surface area contributed by atoms with E-state index in [0.717, 1.165) is 33.3 Å². The average molecular weight is 369 g/mol. The number of esters is 1. The SMILES string of the molecule is O=C1OCC2=Nc3n[nH]c(-c4ccco4)c3C(c3cccc4ccccc34)C12. The molecule has 6 nitrogen and oxygen atoms in total. The summed E-state index contributed by atoms with van der Waals surface area (Å²) in [6, 6.07) is 18.1. The van der Waals surface area contributed by atoms with E-state index >= 15 is 0 Å². The van der Waals surface area contributed by atoms with Crippen LogP contribution in [0, 0.1) is 5.92 Å². The Morgan fingerprint density at radius 2 is 1.89 bits per heavy atom. The highest BCUT2D eigenvalue weighted by molar-refractivity contribution is 6.11. The van der Waals surface area contributed by atoms with Crippen molar-refractivity contribution in [3.05, 3.63) is 72.0 Å². The van der Waals surface area contributed by atoms with Crippen LogP contribution < -0.4 is 0 Å². The van der Waals surface area contributed by atoms with Gasteiger partial charge in [0.05, 0.1) is 12.0 Å². The third kappa shape index (κ3) is 2.05. The molecule has 0 radical (unpaired) electrons. The molecule has 0 aliphatic carbocycles. The highest BCUT2D eigenvalue weighted by Gasteiger charge is 2.47. The lowest BCUT2D eigenvalue weighted by atomic mass is 9.75. The number of fused-ring (bicyclic) bond motifs is 3. The van der Waals surface area contributed by atoms with E-state index in [0.29, 0.717) is 11.6 Å². The Kier molecular flexibility index (Phi) is 3.11. The Labute approximate surface area is 159 Å². The molecular weight excluding hydrogens is 354 g/mol. The molecule has 0 saturated carbocycles. The van der Waals surface area contributed by atoms with Crippen molar-refractivity contribution >= 4 is 28.3 Å². The number of carbonyl (C=O) groups excluding carboxylic acids is 1. The van der Waals surface area contributed by atoms with Gasteiger partial charge in [-0.2, -0.15) is 5.10 Å². The third-order valence-corrected chi connectivity index (χ3v) is 5.58. The van der Waals surface area contributed by atoms with Gasteiger partial charge in [-0.3, -0.25) is 9.89 Å². The summed E-state index contributed by atoms with van der Waals surface area (Å²) in [7, 11) is 0. The number of hydrogen-bond acceptors (Lipinski definition) is 5. The first kappa shape index (κ1) is 15.4. The second-order valence-electron chi connectivity index (χ2n) is 7.05. The number of furan rings is 1. The molecule has 2 atom stereocenters. The number of cyclic esters (lactones) is 1. The van der Waals surface area contributed by atoms with Gasteiger partial charge < -0.3 is 9.15 Å². The zero-order chi connectivity index (χ0) is 18.7. The maximum atomic E-state index is 12.7. The van der Waals surface area contributed by atoms with Gasteiger partial charge in [-0.25, -0.2) is 4.99 Å². The molecule has 0 spiro atoms. The van der Waals surface area contributed by atoms with Crippen LogP contribution in [0.3, 0.4) is 0 Å². The highest BCUT2D eigenvalue weighted by atomic mass is 16.5. The Morgan fingerprint density at radius 1 is 1.00 bits per heavy atom. The summed E-state index contributed by atoms with van der Waals surface area (Å²) in [5.41, 5.74) is 3.41. The highest BCUT2D eigenvalue weighted by Crippen LogP contribution is 2.49. The van der Waals surface area contributed by atoms with E-state index in [1.54, 1.807) is 6.26 Å². The normalized spacial score (nSPS) is 20.6. The number of aromatic nitrogens is 2. The van der Waals surface area contributed by atoms with Crippen molar-refractivity contribution in [2.45, 2.75) is 5.92 Å². The molecular formula is C22H15N3O3. The summed E-state index contributed by atoms with van der Waals surface area (Å²) >= 11 is 0. The van der Waals surface area contributed by atoms with Crippen LogP contribution in [0.1, 0.15) is 17.0 Å². The number of carbonyl (C=O) groups is 1. The van der Waals surface area contributed by atoms with Crippen LogP contribution in [0.25, 0.3) is 22.2 Å². The fourth-order valence-corrected chi connectivity index (χ4v) is 4.38. The summed E-state index contributed by atoms with van der Waals surface area (Å²) < 4.78 is 11.0. The van der Waals surface area contributed by atoms with Crippen molar-refractivity contribution in [2.24, 2.45) is 10.9 Å². The maximum Gasteiger partial charge on any atom is 0.316 e. The standard InChI is InChI=1S/C22H15N3O3/c26-22-18-15(11-28-22)23-21-19(20(24-25-21)16-9-4-10-27-16)17(18)14-8-3-6-12-5-1-2-7-13(12)14/h1-10,17-18H,11H2,(H,24,25). The smallest absolute Gasteiger partial charge is 0.316 e. The number of aliphatic imine (C=N–C) groups is 1. The molecule has 28 heavy (non-hydrogen) atoms. The first-order valence-electron chi connectivity index (χ1n) is 9.15. The van der Waals surface area contributed by atoms with Crippen LogP contribution in [-0.2, 0) is 9.53 Å². The first-order chi connectivity index (χ1) is 13.8. The lowest BCUT2D eigenvalue weighted by Gasteiger charge is -2.26. The number of rotatable bonds is 2. The number of H-pyrrole nitrogens is 1. The van der Waals surface area contributed by atoms with E-state index in [-0.39, 0.29) is 18.5 Å². The van der Waals surface area contributed by atoms with Gasteiger partial charge in [0, 0.05) is 11.5 Å². The van der Waals surface area contributed by atoms with Crippen molar-refractivity contribution < 1.29 is 13.9 Å². The van der Waals surface area contributed by atoms with E-state index in [1.807, 2.05) is 30.3 Å². The summed E-state index contributed by atoms with van der Waals surface area (Å²) in [4.78, 5) is 17.3. The molecule has 2 unspecified atom stereocenters. The van der Waals surface area contributed by atoms with Crippen LogP contribution in [0.4, 0.5) is 5.82 Å². The Balaban J connectivity index is 1.67. The molecule has 0 amide bonds. The van der Waals surface area contributed by atoms with Crippen LogP contribution in [0.2, 0.25) is 0 Å². The molecule has 4 aromatic rings. The van der Waals surface area contributed by atoms with Crippen LogP contribution in [0.15, 0.2) is 70.3 Å². The molecule has 2 aromatic carbocycles. The number of nitrogens with zero attached hydrogens (tertiary/aromatic N) is 2. The fraction of sp³-hybridized carbons (Fsp3) is 0.136. The maximum absolute atomic E-state index is 12.7. The van der Waals surface area contributed by atoms with E-state index < -0.39 is 5.92 Å². The molecule has 1 N–H and O–H groups in total. The molecule has 2 aliphatic heterocycles.